The second-order valence-electron chi connectivity index (χ2n) is 7.28. The number of imide groups is 1. The molecule has 0 aromatic heterocycles. The van der Waals surface area contributed by atoms with Crippen molar-refractivity contribution in [2.24, 2.45) is 11.8 Å². The van der Waals surface area contributed by atoms with Crippen LogP contribution in [0.3, 0.4) is 0 Å². The van der Waals surface area contributed by atoms with E-state index in [1.165, 1.54) is 0 Å². The maximum Gasteiger partial charge on any atom is 0.414 e. The fourth-order valence-corrected chi connectivity index (χ4v) is 5.00. The molecule has 0 aromatic rings. The van der Waals surface area contributed by atoms with Crippen molar-refractivity contribution >= 4 is 29.7 Å². The van der Waals surface area contributed by atoms with Gasteiger partial charge in [-0.3, -0.25) is 14.9 Å². The first-order chi connectivity index (χ1) is 12.4. The number of hydrogen-bond donors (Lipinski definition) is 5. The van der Waals surface area contributed by atoms with Crippen molar-refractivity contribution in [2.75, 3.05) is 5.75 Å². The summed E-state index contributed by atoms with van der Waals surface area (Å²) < 4.78 is 4.95. The summed E-state index contributed by atoms with van der Waals surface area (Å²) in [7, 11) is 0. The summed E-state index contributed by atoms with van der Waals surface area (Å²) in [5.41, 5.74) is 9.21. The van der Waals surface area contributed by atoms with Crippen LogP contribution >= 0.6 is 11.8 Å². The smallest absolute Gasteiger partial charge is 0.414 e. The summed E-state index contributed by atoms with van der Waals surface area (Å²) in [5, 5.41) is 4.99. The molecule has 5 atom stereocenters. The maximum atomic E-state index is 12.7. The molecule has 0 bridgehead atoms. The average Bonchev–Trinajstić information content (AvgIpc) is 3.21. The topological polar surface area (TPSA) is 121 Å². The first kappa shape index (κ1) is 19.4. The molecule has 146 valence electrons. The Hall–Kier alpha value is -1.36. The highest BCUT2D eigenvalue weighted by Crippen LogP contribution is 2.32. The first-order valence-corrected chi connectivity index (χ1v) is 10.2. The Balaban J connectivity index is 1.50. The molecule has 2 heterocycles. The molecule has 10 heteroatoms. The van der Waals surface area contributed by atoms with Gasteiger partial charge in [0.15, 0.2) is 0 Å². The van der Waals surface area contributed by atoms with Gasteiger partial charge in [0.25, 0.3) is 0 Å². The van der Waals surface area contributed by atoms with Gasteiger partial charge < -0.3 is 10.1 Å². The van der Waals surface area contributed by atoms with E-state index in [0.717, 1.165) is 25.0 Å². The lowest BCUT2D eigenvalue weighted by atomic mass is 9.82. The van der Waals surface area contributed by atoms with Gasteiger partial charge in [-0.05, 0) is 45.3 Å². The molecular weight excluding hydrogens is 358 g/mol. The molecular formula is C16H27N5O4S. The third-order valence-electron chi connectivity index (χ3n) is 5.02. The SMILES string of the molecule is CC(C)OC(=O)NC(=O)C1CCSC1NC(=O)C1CCC2NNNC2C1. The molecule has 1 saturated carbocycles. The normalized spacial score (nSPS) is 33.6. The summed E-state index contributed by atoms with van der Waals surface area (Å²) in [6.45, 7) is 3.44. The molecule has 0 aromatic carbocycles. The van der Waals surface area contributed by atoms with Gasteiger partial charge in [-0.2, -0.15) is 5.53 Å². The Kier molecular flexibility index (Phi) is 6.38. The lowest BCUT2D eigenvalue weighted by Crippen LogP contribution is -2.49. The van der Waals surface area contributed by atoms with Crippen LogP contribution in [0.25, 0.3) is 0 Å². The highest BCUT2D eigenvalue weighted by Gasteiger charge is 2.40. The number of nitrogens with one attached hydrogen (secondary N) is 5. The number of amides is 3. The zero-order valence-electron chi connectivity index (χ0n) is 15.0. The summed E-state index contributed by atoms with van der Waals surface area (Å²) in [4.78, 5) is 36.6. The number of ether oxygens (including phenoxy) is 1. The summed E-state index contributed by atoms with van der Waals surface area (Å²) in [6, 6.07) is 0.589. The Morgan fingerprint density at radius 3 is 2.62 bits per heavy atom. The Bertz CT molecular complexity index is 561. The zero-order valence-corrected chi connectivity index (χ0v) is 15.9. The van der Waals surface area contributed by atoms with E-state index in [1.807, 2.05) is 0 Å². The van der Waals surface area contributed by atoms with Gasteiger partial charge in [0.1, 0.15) is 0 Å². The molecule has 2 saturated heterocycles. The van der Waals surface area contributed by atoms with Crippen LogP contribution in [0.1, 0.15) is 39.5 Å². The van der Waals surface area contributed by atoms with Crippen molar-refractivity contribution in [3.8, 4) is 0 Å². The van der Waals surface area contributed by atoms with E-state index in [1.54, 1.807) is 25.6 Å². The molecule has 5 N–H and O–H groups in total. The van der Waals surface area contributed by atoms with E-state index < -0.39 is 12.0 Å². The summed E-state index contributed by atoms with van der Waals surface area (Å²) in [6.07, 6.45) is 2.09. The van der Waals surface area contributed by atoms with Gasteiger partial charge in [0.05, 0.1) is 17.4 Å². The lowest BCUT2D eigenvalue weighted by molar-refractivity contribution is -0.128. The van der Waals surface area contributed by atoms with Crippen molar-refractivity contribution in [1.82, 2.24) is 27.0 Å². The Morgan fingerprint density at radius 1 is 1.08 bits per heavy atom. The minimum Gasteiger partial charge on any atom is -0.447 e. The third kappa shape index (κ3) is 4.67. The molecule has 3 rings (SSSR count). The average molecular weight is 385 g/mol. The third-order valence-corrected chi connectivity index (χ3v) is 6.29. The summed E-state index contributed by atoms with van der Waals surface area (Å²) >= 11 is 1.55. The minimum atomic E-state index is -0.738. The quantitative estimate of drug-likeness (QED) is 0.458. The highest BCUT2D eigenvalue weighted by molar-refractivity contribution is 8.00. The predicted octanol–water partition coefficient (Wildman–Crippen LogP) is -0.00730. The van der Waals surface area contributed by atoms with Crippen molar-refractivity contribution in [3.05, 3.63) is 0 Å². The second kappa shape index (κ2) is 8.55. The van der Waals surface area contributed by atoms with Crippen LogP contribution in [0.4, 0.5) is 4.79 Å². The fraction of sp³-hybridized carbons (Fsp3) is 0.812. The predicted molar refractivity (Wildman–Crippen MR) is 96.6 cm³/mol. The van der Waals surface area contributed by atoms with Crippen molar-refractivity contribution < 1.29 is 19.1 Å². The Morgan fingerprint density at radius 2 is 1.85 bits per heavy atom. The number of alkyl carbamates (subject to hydrolysis) is 1. The molecule has 5 unspecified atom stereocenters. The molecule has 1 aliphatic carbocycles. The maximum absolute atomic E-state index is 12.7. The number of fused-ring (bicyclic) bond motifs is 1. The van der Waals surface area contributed by atoms with E-state index in [-0.39, 0.29) is 35.3 Å². The van der Waals surface area contributed by atoms with Gasteiger partial charge in [0.2, 0.25) is 11.8 Å². The van der Waals surface area contributed by atoms with E-state index in [4.69, 9.17) is 4.74 Å². The number of carbonyl (C=O) groups is 3. The van der Waals surface area contributed by atoms with Gasteiger partial charge >= 0.3 is 6.09 Å². The highest BCUT2D eigenvalue weighted by atomic mass is 32.2. The van der Waals surface area contributed by atoms with Gasteiger partial charge in [-0.1, -0.05) is 0 Å². The monoisotopic (exact) mass is 385 g/mol. The zero-order chi connectivity index (χ0) is 18.7. The van der Waals surface area contributed by atoms with Crippen LogP contribution in [0.15, 0.2) is 0 Å². The van der Waals surface area contributed by atoms with Crippen LogP contribution in [0.2, 0.25) is 0 Å². The number of hydrogen-bond acceptors (Lipinski definition) is 8. The largest absolute Gasteiger partial charge is 0.447 e. The van der Waals surface area contributed by atoms with Gasteiger partial charge in [-0.25, -0.2) is 15.6 Å². The van der Waals surface area contributed by atoms with Crippen molar-refractivity contribution in [3.63, 3.8) is 0 Å². The fourth-order valence-electron chi connectivity index (χ4n) is 3.66. The second-order valence-corrected chi connectivity index (χ2v) is 8.52. The van der Waals surface area contributed by atoms with Crippen LogP contribution in [-0.2, 0) is 14.3 Å². The van der Waals surface area contributed by atoms with Crippen LogP contribution in [0.5, 0.6) is 0 Å². The van der Waals surface area contributed by atoms with Crippen molar-refractivity contribution in [2.45, 2.75) is 63.1 Å². The standard InChI is InChI=1S/C16H27N5O4S/c1-8(2)25-16(24)18-14(23)10-5-6-26-15(10)17-13(22)9-3-4-11-12(7-9)20-21-19-11/h8-12,15,19-21H,3-7H2,1-2H3,(H,17,22)(H,18,23,24). The minimum absolute atomic E-state index is 0.0147. The molecule has 0 radical (unpaired) electrons. The van der Waals surface area contributed by atoms with E-state index in [2.05, 4.69) is 27.0 Å². The van der Waals surface area contributed by atoms with Crippen LogP contribution in [0, 0.1) is 11.8 Å². The number of thioether (sulfide) groups is 1. The molecule has 26 heavy (non-hydrogen) atoms. The van der Waals surface area contributed by atoms with E-state index in [9.17, 15) is 14.4 Å². The number of hydrazine groups is 2. The lowest BCUT2D eigenvalue weighted by Gasteiger charge is -2.30. The van der Waals surface area contributed by atoms with Gasteiger partial charge in [0, 0.05) is 18.0 Å². The Labute approximate surface area is 157 Å². The van der Waals surface area contributed by atoms with Crippen molar-refractivity contribution in [1.29, 1.82) is 0 Å². The first-order valence-electron chi connectivity index (χ1n) is 9.13. The molecule has 9 nitrogen and oxygen atoms in total. The van der Waals surface area contributed by atoms with E-state index in [0.29, 0.717) is 12.5 Å². The molecule has 0 spiro atoms. The summed E-state index contributed by atoms with van der Waals surface area (Å²) in [5.74, 6) is -0.124. The molecule has 3 fully saturated rings. The number of rotatable bonds is 4. The molecule has 3 aliphatic rings. The molecule has 3 amide bonds. The number of carbonyl (C=O) groups excluding carboxylic acids is 3. The van der Waals surface area contributed by atoms with Gasteiger partial charge in [-0.15, -0.1) is 11.8 Å². The van der Waals surface area contributed by atoms with Crippen LogP contribution in [-0.4, -0.2) is 47.2 Å². The van der Waals surface area contributed by atoms with E-state index >= 15 is 0 Å². The van der Waals surface area contributed by atoms with Crippen LogP contribution < -0.4 is 27.0 Å². The molecule has 2 aliphatic heterocycles.